The van der Waals surface area contributed by atoms with Gasteiger partial charge >= 0.3 is 12.1 Å². The minimum atomic E-state index is -0.534. The van der Waals surface area contributed by atoms with Crippen molar-refractivity contribution in [1.82, 2.24) is 10.2 Å². The second kappa shape index (κ2) is 7.87. The SMILES string of the molecule is CCOC(=O)CC1(NCc2ccccc2)CN(C(=O)OC(C)(C)C)C1. The molecule has 0 bridgehead atoms. The third-order valence-electron chi connectivity index (χ3n) is 3.94. The Balaban J connectivity index is 1.98. The van der Waals surface area contributed by atoms with E-state index in [4.69, 9.17) is 9.47 Å². The first kappa shape index (κ1) is 19.2. The number of ether oxygens (including phenoxy) is 2. The lowest BCUT2D eigenvalue weighted by Crippen LogP contribution is -2.71. The molecule has 2 rings (SSSR count). The minimum absolute atomic E-state index is 0.229. The van der Waals surface area contributed by atoms with Gasteiger partial charge in [0, 0.05) is 19.6 Å². The number of carbonyl (C=O) groups excluding carboxylic acids is 2. The number of esters is 1. The Hall–Kier alpha value is -2.08. The van der Waals surface area contributed by atoms with E-state index in [1.807, 2.05) is 51.1 Å². The highest BCUT2D eigenvalue weighted by molar-refractivity contribution is 5.74. The first-order chi connectivity index (χ1) is 11.7. The standard InChI is InChI=1S/C19H28N2O4/c1-5-24-16(22)11-19(20-12-15-9-7-6-8-10-15)13-21(14-19)17(23)25-18(2,3)4/h6-10,20H,5,11-14H2,1-4H3. The Morgan fingerprint density at radius 1 is 1.20 bits per heavy atom. The summed E-state index contributed by atoms with van der Waals surface area (Å²) in [5.41, 5.74) is 0.119. The van der Waals surface area contributed by atoms with Crippen molar-refractivity contribution in [3.63, 3.8) is 0 Å². The number of nitrogens with one attached hydrogen (secondary N) is 1. The number of likely N-dealkylation sites (tertiary alicyclic amines) is 1. The first-order valence-electron chi connectivity index (χ1n) is 8.65. The van der Waals surface area contributed by atoms with Crippen LogP contribution in [0.25, 0.3) is 0 Å². The van der Waals surface area contributed by atoms with Gasteiger partial charge in [0.05, 0.1) is 18.6 Å². The van der Waals surface area contributed by atoms with Gasteiger partial charge in [0.15, 0.2) is 0 Å². The fraction of sp³-hybridized carbons (Fsp3) is 0.579. The van der Waals surface area contributed by atoms with Gasteiger partial charge in [0.2, 0.25) is 0 Å². The number of hydrogen-bond donors (Lipinski definition) is 1. The summed E-state index contributed by atoms with van der Waals surface area (Å²) in [7, 11) is 0. The number of nitrogens with zero attached hydrogens (tertiary/aromatic N) is 1. The molecule has 0 saturated carbocycles. The molecular weight excluding hydrogens is 320 g/mol. The van der Waals surface area contributed by atoms with Crippen molar-refractivity contribution in [3.8, 4) is 0 Å². The summed E-state index contributed by atoms with van der Waals surface area (Å²) in [6.07, 6.45) is -0.124. The van der Waals surface area contributed by atoms with E-state index in [0.717, 1.165) is 5.56 Å². The van der Waals surface area contributed by atoms with Crippen LogP contribution in [0.5, 0.6) is 0 Å². The van der Waals surface area contributed by atoms with Gasteiger partial charge in [-0.05, 0) is 33.3 Å². The molecule has 1 aliphatic rings. The van der Waals surface area contributed by atoms with E-state index >= 15 is 0 Å². The molecule has 1 aromatic carbocycles. The first-order valence-corrected chi connectivity index (χ1v) is 8.65. The molecule has 0 spiro atoms. The number of benzene rings is 1. The van der Waals surface area contributed by atoms with Crippen LogP contribution in [0.1, 0.15) is 39.7 Å². The molecular formula is C19H28N2O4. The van der Waals surface area contributed by atoms with E-state index in [0.29, 0.717) is 26.2 Å². The maximum Gasteiger partial charge on any atom is 0.410 e. The lowest BCUT2D eigenvalue weighted by Gasteiger charge is -2.50. The Morgan fingerprint density at radius 3 is 2.40 bits per heavy atom. The van der Waals surface area contributed by atoms with Gasteiger partial charge in [-0.2, -0.15) is 0 Å². The summed E-state index contributed by atoms with van der Waals surface area (Å²) < 4.78 is 10.5. The van der Waals surface area contributed by atoms with Crippen molar-refractivity contribution in [2.45, 2.75) is 51.8 Å². The molecule has 1 heterocycles. The van der Waals surface area contributed by atoms with Crippen molar-refractivity contribution in [2.24, 2.45) is 0 Å². The van der Waals surface area contributed by atoms with Crippen LogP contribution in [0.4, 0.5) is 4.79 Å². The van der Waals surface area contributed by atoms with Crippen LogP contribution in [0.15, 0.2) is 30.3 Å². The van der Waals surface area contributed by atoms with E-state index in [-0.39, 0.29) is 18.5 Å². The van der Waals surface area contributed by atoms with Gasteiger partial charge < -0.3 is 19.7 Å². The maximum atomic E-state index is 12.2. The third kappa shape index (κ3) is 5.74. The third-order valence-corrected chi connectivity index (χ3v) is 3.94. The Kier molecular flexibility index (Phi) is 6.06. The second-order valence-corrected chi connectivity index (χ2v) is 7.44. The number of hydrogen-bond acceptors (Lipinski definition) is 5. The summed E-state index contributed by atoms with van der Waals surface area (Å²) in [5, 5.41) is 3.44. The van der Waals surface area contributed by atoms with E-state index < -0.39 is 11.1 Å². The van der Waals surface area contributed by atoms with Crippen molar-refractivity contribution in [1.29, 1.82) is 0 Å². The van der Waals surface area contributed by atoms with E-state index in [1.54, 1.807) is 11.8 Å². The predicted octanol–water partition coefficient (Wildman–Crippen LogP) is 2.72. The Labute approximate surface area is 149 Å². The summed E-state index contributed by atoms with van der Waals surface area (Å²) in [6, 6.07) is 9.96. The lowest BCUT2D eigenvalue weighted by atomic mass is 9.86. The molecule has 1 amide bonds. The fourth-order valence-electron chi connectivity index (χ4n) is 2.80. The summed E-state index contributed by atoms with van der Waals surface area (Å²) >= 11 is 0. The molecule has 0 aliphatic carbocycles. The Bertz CT molecular complexity index is 589. The smallest absolute Gasteiger partial charge is 0.410 e. The normalized spacial score (nSPS) is 16.1. The minimum Gasteiger partial charge on any atom is -0.466 e. The number of rotatable bonds is 6. The van der Waals surface area contributed by atoms with E-state index in [9.17, 15) is 9.59 Å². The molecule has 1 N–H and O–H groups in total. The van der Waals surface area contributed by atoms with E-state index in [1.165, 1.54) is 0 Å². The van der Waals surface area contributed by atoms with Gasteiger partial charge in [-0.25, -0.2) is 4.79 Å². The molecule has 0 radical (unpaired) electrons. The van der Waals surface area contributed by atoms with Crippen LogP contribution in [0.2, 0.25) is 0 Å². The van der Waals surface area contributed by atoms with Gasteiger partial charge in [-0.3, -0.25) is 4.79 Å². The molecule has 1 fully saturated rings. The molecule has 6 nitrogen and oxygen atoms in total. The van der Waals surface area contributed by atoms with E-state index in [2.05, 4.69) is 5.32 Å². The van der Waals surface area contributed by atoms with Gasteiger partial charge in [0.1, 0.15) is 5.60 Å². The van der Waals surface area contributed by atoms with Gasteiger partial charge in [0.25, 0.3) is 0 Å². The predicted molar refractivity (Wildman–Crippen MR) is 95.1 cm³/mol. The van der Waals surface area contributed by atoms with Crippen molar-refractivity contribution >= 4 is 12.1 Å². The topological polar surface area (TPSA) is 67.9 Å². The van der Waals surface area contributed by atoms with Crippen LogP contribution in [-0.4, -0.2) is 47.8 Å². The van der Waals surface area contributed by atoms with Crippen LogP contribution >= 0.6 is 0 Å². The second-order valence-electron chi connectivity index (χ2n) is 7.44. The van der Waals surface area contributed by atoms with Crippen LogP contribution in [-0.2, 0) is 20.8 Å². The zero-order chi connectivity index (χ0) is 18.5. The molecule has 0 aromatic heterocycles. The zero-order valence-corrected chi connectivity index (χ0v) is 15.5. The lowest BCUT2D eigenvalue weighted by molar-refractivity contribution is -0.147. The van der Waals surface area contributed by atoms with Crippen LogP contribution in [0.3, 0.4) is 0 Å². The summed E-state index contributed by atoms with van der Waals surface area (Å²) in [5.74, 6) is -0.257. The van der Waals surface area contributed by atoms with Crippen LogP contribution in [0, 0.1) is 0 Å². The van der Waals surface area contributed by atoms with Gasteiger partial charge in [-0.1, -0.05) is 30.3 Å². The quantitative estimate of drug-likeness (QED) is 0.801. The molecule has 1 aromatic rings. The molecule has 6 heteroatoms. The molecule has 138 valence electrons. The van der Waals surface area contributed by atoms with Crippen molar-refractivity contribution < 1.29 is 19.1 Å². The highest BCUT2D eigenvalue weighted by Gasteiger charge is 2.47. The number of amides is 1. The average molecular weight is 348 g/mol. The van der Waals surface area contributed by atoms with Crippen molar-refractivity contribution in [3.05, 3.63) is 35.9 Å². The number of carbonyl (C=O) groups is 2. The summed E-state index contributed by atoms with van der Waals surface area (Å²) in [6.45, 7) is 9.13. The molecule has 1 saturated heterocycles. The molecule has 1 aliphatic heterocycles. The van der Waals surface area contributed by atoms with Gasteiger partial charge in [-0.15, -0.1) is 0 Å². The fourth-order valence-corrected chi connectivity index (χ4v) is 2.80. The molecule has 0 unspecified atom stereocenters. The highest BCUT2D eigenvalue weighted by Crippen LogP contribution is 2.27. The summed E-state index contributed by atoms with van der Waals surface area (Å²) in [4.78, 5) is 25.8. The molecule has 25 heavy (non-hydrogen) atoms. The zero-order valence-electron chi connectivity index (χ0n) is 15.5. The monoisotopic (exact) mass is 348 g/mol. The van der Waals surface area contributed by atoms with Crippen LogP contribution < -0.4 is 5.32 Å². The Morgan fingerprint density at radius 2 is 1.84 bits per heavy atom. The highest BCUT2D eigenvalue weighted by atomic mass is 16.6. The maximum absolute atomic E-state index is 12.2. The van der Waals surface area contributed by atoms with Crippen molar-refractivity contribution in [2.75, 3.05) is 19.7 Å². The average Bonchev–Trinajstić information content (AvgIpc) is 2.48. The largest absolute Gasteiger partial charge is 0.466 e. The molecule has 0 atom stereocenters.